The molecule has 11 rings (SSSR count). The van der Waals surface area contributed by atoms with Crippen LogP contribution in [-0.4, -0.2) is 14.5 Å². The smallest absolute Gasteiger partial charge is 0.121 e. The third-order valence-corrected chi connectivity index (χ3v) is 12.6. The van der Waals surface area contributed by atoms with Crippen molar-refractivity contribution in [2.24, 2.45) is 5.41 Å². The van der Waals surface area contributed by atoms with Crippen LogP contribution in [-0.2, 0) is 26.5 Å². The molecule has 0 bridgehead atoms. The summed E-state index contributed by atoms with van der Waals surface area (Å²) in [6, 6.07) is 67.8. The standard InChI is InChI=1S/C49H39N2O.C16H17FN.Ir/c1-31(2)42-28-38(36-24-22-35(23-25-36)33-14-7-5-8-15-33)29-43(32(3)4)47(42)51-45-21-12-11-20-44(45)50-49(51)41-19-13-18-40-39-27-26-37(30-46(39)52-48(40)41)34-16-9-6-10-17-34;1-16(2,3)11-12-8-9-18-15(10-12)13-4-6-14(17)7-5-13;/h5-18,20-32H,1-4H3;4,6-10H,11H2,1-3H3;/q2*-1;/i;11D2;. The molecule has 0 N–H and O–H groups in total. The Bertz CT molecular complexity index is 3680. The molecule has 0 fully saturated rings. The molecule has 0 saturated carbocycles. The number of benzene rings is 8. The number of imidazole rings is 1. The van der Waals surface area contributed by atoms with Crippen molar-refractivity contribution in [3.8, 4) is 61.7 Å². The average molecular weight is 1110 g/mol. The van der Waals surface area contributed by atoms with Crippen molar-refractivity contribution in [1.29, 1.82) is 0 Å². The van der Waals surface area contributed by atoms with E-state index in [2.05, 4.69) is 189 Å². The number of rotatable bonds is 9. The number of halogens is 1. The Morgan fingerprint density at radius 1 is 0.634 bits per heavy atom. The van der Waals surface area contributed by atoms with E-state index < -0.39 is 11.8 Å². The van der Waals surface area contributed by atoms with E-state index in [1.54, 1.807) is 24.4 Å². The van der Waals surface area contributed by atoms with Gasteiger partial charge in [-0.3, -0.25) is 9.37 Å². The fourth-order valence-corrected chi connectivity index (χ4v) is 9.26. The van der Waals surface area contributed by atoms with E-state index in [0.717, 1.165) is 55.5 Å². The molecular formula is C65H56FIrN3O-2. The number of hydrogen-bond donors (Lipinski definition) is 0. The van der Waals surface area contributed by atoms with Crippen LogP contribution in [0.4, 0.5) is 4.39 Å². The van der Waals surface area contributed by atoms with Gasteiger partial charge in [0.1, 0.15) is 5.58 Å². The van der Waals surface area contributed by atoms with Crippen molar-refractivity contribution in [2.75, 3.05) is 0 Å². The molecule has 3 aromatic heterocycles. The SMILES string of the molecule is CC(C)c1cc(-c2ccc(-c3ccccc3)cc2)cc(C(C)C)c1-n1c(-c2[c-]ccc3c2oc2cc(-c4ccccc4)ccc23)nc2ccccc21.[2H]C([2H])(c1ccnc(-c2[c-]cc(F)cc2)c1)C(C)(C)C.[Ir]. The molecule has 3 heterocycles. The first-order valence-electron chi connectivity index (χ1n) is 25.0. The number of fused-ring (bicyclic) bond motifs is 4. The van der Waals surface area contributed by atoms with Gasteiger partial charge in [-0.05, 0) is 110 Å². The summed E-state index contributed by atoms with van der Waals surface area (Å²) in [5.74, 6) is 0.993. The molecule has 6 heteroatoms. The van der Waals surface area contributed by atoms with Crippen LogP contribution < -0.4 is 0 Å². The second-order valence-electron chi connectivity index (χ2n) is 19.5. The van der Waals surface area contributed by atoms with Crippen molar-refractivity contribution in [2.45, 2.75) is 66.7 Å². The van der Waals surface area contributed by atoms with Gasteiger partial charge in [0.25, 0.3) is 0 Å². The molecule has 0 saturated heterocycles. The molecule has 0 aliphatic carbocycles. The number of aromatic nitrogens is 3. The molecule has 0 amide bonds. The van der Waals surface area contributed by atoms with Crippen LogP contribution >= 0.6 is 0 Å². The van der Waals surface area contributed by atoms with Gasteiger partial charge in [0.05, 0.1) is 22.4 Å². The monoisotopic (exact) mass is 1110 g/mol. The zero-order chi connectivity index (χ0) is 50.3. The summed E-state index contributed by atoms with van der Waals surface area (Å²) < 4.78 is 38.6. The van der Waals surface area contributed by atoms with Gasteiger partial charge in [0.15, 0.2) is 0 Å². The molecule has 0 atom stereocenters. The van der Waals surface area contributed by atoms with Gasteiger partial charge in [-0.25, -0.2) is 0 Å². The topological polar surface area (TPSA) is 43.9 Å². The molecular weight excluding hydrogens is 1050 g/mol. The van der Waals surface area contributed by atoms with Crippen molar-refractivity contribution in [3.05, 3.63) is 223 Å². The van der Waals surface area contributed by atoms with E-state index in [1.807, 2.05) is 32.9 Å². The van der Waals surface area contributed by atoms with E-state index in [0.29, 0.717) is 16.8 Å². The van der Waals surface area contributed by atoms with Crippen LogP contribution in [0.3, 0.4) is 0 Å². The second kappa shape index (κ2) is 20.6. The third-order valence-electron chi connectivity index (χ3n) is 12.6. The predicted molar refractivity (Wildman–Crippen MR) is 289 cm³/mol. The van der Waals surface area contributed by atoms with E-state index in [9.17, 15) is 4.39 Å². The summed E-state index contributed by atoms with van der Waals surface area (Å²) in [5, 5.41) is 2.14. The van der Waals surface area contributed by atoms with Crippen LogP contribution in [0.15, 0.2) is 193 Å². The zero-order valence-corrected chi connectivity index (χ0v) is 43.4. The van der Waals surface area contributed by atoms with Gasteiger partial charge in [-0.1, -0.05) is 180 Å². The minimum absolute atomic E-state index is 0. The number of nitrogens with zero attached hydrogens (tertiary/aromatic N) is 3. The predicted octanol–water partition coefficient (Wildman–Crippen LogP) is 17.9. The van der Waals surface area contributed by atoms with E-state index in [1.165, 1.54) is 51.2 Å². The maximum Gasteiger partial charge on any atom is 0.121 e. The fourth-order valence-electron chi connectivity index (χ4n) is 9.26. The van der Waals surface area contributed by atoms with Crippen molar-refractivity contribution in [3.63, 3.8) is 0 Å². The molecule has 1 radical (unpaired) electrons. The summed E-state index contributed by atoms with van der Waals surface area (Å²) in [4.78, 5) is 9.55. The van der Waals surface area contributed by atoms with Crippen LogP contribution in [0, 0.1) is 23.4 Å². The largest absolute Gasteiger partial charge is 0.501 e. The number of pyridine rings is 1. The summed E-state index contributed by atoms with van der Waals surface area (Å²) in [5.41, 5.74) is 16.7. The van der Waals surface area contributed by atoms with Gasteiger partial charge in [0, 0.05) is 45.9 Å². The van der Waals surface area contributed by atoms with Gasteiger partial charge in [-0.15, -0.1) is 48.0 Å². The Morgan fingerprint density at radius 2 is 1.24 bits per heavy atom. The quantitative estimate of drug-likeness (QED) is 0.135. The molecule has 0 aliphatic rings. The molecule has 0 aliphatic heterocycles. The van der Waals surface area contributed by atoms with Gasteiger partial charge < -0.3 is 14.0 Å². The third kappa shape index (κ3) is 10.3. The summed E-state index contributed by atoms with van der Waals surface area (Å²) >= 11 is 0. The number of hydrogen-bond acceptors (Lipinski definition) is 3. The summed E-state index contributed by atoms with van der Waals surface area (Å²) in [7, 11) is 0. The Hall–Kier alpha value is -7.24. The fraction of sp³-hybridized carbons (Fsp3) is 0.169. The van der Waals surface area contributed by atoms with Gasteiger partial charge >= 0.3 is 0 Å². The zero-order valence-electron chi connectivity index (χ0n) is 43.0. The first-order valence-corrected chi connectivity index (χ1v) is 24.0. The summed E-state index contributed by atoms with van der Waals surface area (Å²) in [6.07, 6.45) is 0.0934. The van der Waals surface area contributed by atoms with Gasteiger partial charge in [-0.2, -0.15) is 0 Å². The molecule has 71 heavy (non-hydrogen) atoms. The van der Waals surface area contributed by atoms with Crippen LogP contribution in [0.5, 0.6) is 0 Å². The maximum atomic E-state index is 12.9. The Morgan fingerprint density at radius 3 is 1.87 bits per heavy atom. The molecule has 0 unspecified atom stereocenters. The summed E-state index contributed by atoms with van der Waals surface area (Å²) in [6.45, 7) is 14.7. The minimum atomic E-state index is -1.48. The molecule has 8 aromatic carbocycles. The molecule has 4 nitrogen and oxygen atoms in total. The van der Waals surface area contributed by atoms with Crippen LogP contribution in [0.25, 0.3) is 94.7 Å². The van der Waals surface area contributed by atoms with Crippen molar-refractivity contribution >= 4 is 33.0 Å². The van der Waals surface area contributed by atoms with Crippen LogP contribution in [0.2, 0.25) is 0 Å². The van der Waals surface area contributed by atoms with Crippen molar-refractivity contribution in [1.82, 2.24) is 14.5 Å². The number of furan rings is 1. The van der Waals surface area contributed by atoms with E-state index >= 15 is 0 Å². The second-order valence-corrected chi connectivity index (χ2v) is 19.5. The van der Waals surface area contributed by atoms with Gasteiger partial charge in [0.2, 0.25) is 0 Å². The first kappa shape index (κ1) is 46.2. The Labute approximate surface area is 433 Å². The molecule has 0 spiro atoms. The Kier molecular flexibility index (Phi) is 13.4. The molecule has 11 aromatic rings. The average Bonchev–Trinajstić information content (AvgIpc) is 3.97. The molecule has 355 valence electrons. The normalized spacial score (nSPS) is 12.2. The van der Waals surface area contributed by atoms with E-state index in [4.69, 9.17) is 12.1 Å². The van der Waals surface area contributed by atoms with E-state index in [-0.39, 0.29) is 37.8 Å². The minimum Gasteiger partial charge on any atom is -0.501 e. The van der Waals surface area contributed by atoms with Crippen molar-refractivity contribution < 1.29 is 31.7 Å². The maximum absolute atomic E-state index is 12.9. The number of para-hydroxylation sites is 2. The first-order chi connectivity index (χ1) is 34.7. The Balaban J connectivity index is 0.000000264. The van der Waals surface area contributed by atoms with Crippen LogP contribution in [0.1, 0.15) is 79.7 Å².